The van der Waals surface area contributed by atoms with Gasteiger partial charge in [-0.15, -0.1) is 0 Å². The summed E-state index contributed by atoms with van der Waals surface area (Å²) in [7, 11) is 0. The average Bonchev–Trinajstić information content (AvgIpc) is 2.46. The molecule has 1 unspecified atom stereocenters. The Morgan fingerprint density at radius 3 is 2.81 bits per heavy atom. The van der Waals surface area contributed by atoms with E-state index in [2.05, 4.69) is 0 Å². The highest BCUT2D eigenvalue weighted by Crippen LogP contribution is 2.21. The molecule has 0 aliphatic carbocycles. The molecule has 1 aliphatic heterocycles. The molecule has 0 spiro atoms. The Kier molecular flexibility index (Phi) is 5.14. The van der Waals surface area contributed by atoms with Gasteiger partial charge < -0.3 is 14.7 Å². The number of benzene rings is 1. The van der Waals surface area contributed by atoms with Gasteiger partial charge in [0, 0.05) is 12.6 Å². The van der Waals surface area contributed by atoms with Gasteiger partial charge in [-0.05, 0) is 31.4 Å². The summed E-state index contributed by atoms with van der Waals surface area (Å²) in [5.74, 6) is -1.72. The summed E-state index contributed by atoms with van der Waals surface area (Å²) >= 11 is 0. The van der Waals surface area contributed by atoms with Crippen molar-refractivity contribution >= 4 is 11.9 Å². The van der Waals surface area contributed by atoms with Crippen LogP contribution in [0.3, 0.4) is 0 Å². The number of hydrogen-bond acceptors (Lipinski definition) is 3. The molecule has 1 N–H and O–H groups in total. The molecule has 5 nitrogen and oxygen atoms in total. The maximum absolute atomic E-state index is 13.4. The van der Waals surface area contributed by atoms with Crippen LogP contribution in [0.4, 0.5) is 4.39 Å². The number of para-hydroxylation sites is 1. The Bertz CT molecular complexity index is 520. The molecule has 0 radical (unpaired) electrons. The minimum Gasteiger partial charge on any atom is -0.481 e. The molecule has 1 aromatic carbocycles. The van der Waals surface area contributed by atoms with Crippen molar-refractivity contribution in [3.8, 4) is 5.75 Å². The van der Waals surface area contributed by atoms with Crippen molar-refractivity contribution in [3.63, 3.8) is 0 Å². The molecule has 1 heterocycles. The largest absolute Gasteiger partial charge is 0.481 e. The zero-order valence-corrected chi connectivity index (χ0v) is 11.6. The molecular formula is C15H18FNO4. The van der Waals surface area contributed by atoms with Crippen molar-refractivity contribution in [2.24, 2.45) is 0 Å². The van der Waals surface area contributed by atoms with Crippen LogP contribution in [0.5, 0.6) is 5.75 Å². The van der Waals surface area contributed by atoms with Crippen molar-refractivity contribution in [2.75, 3.05) is 13.2 Å². The molecule has 1 amide bonds. The van der Waals surface area contributed by atoms with Gasteiger partial charge in [0.15, 0.2) is 18.2 Å². The highest BCUT2D eigenvalue weighted by Gasteiger charge is 2.28. The monoisotopic (exact) mass is 295 g/mol. The highest BCUT2D eigenvalue weighted by molar-refractivity contribution is 5.79. The molecule has 1 aromatic rings. The van der Waals surface area contributed by atoms with Crippen LogP contribution in [0.15, 0.2) is 24.3 Å². The predicted molar refractivity (Wildman–Crippen MR) is 73.5 cm³/mol. The average molecular weight is 295 g/mol. The third-order valence-electron chi connectivity index (χ3n) is 3.55. The predicted octanol–water partition coefficient (Wildman–Crippen LogP) is 2.06. The number of ether oxygens (including phenoxy) is 1. The first kappa shape index (κ1) is 15.3. The molecule has 114 valence electrons. The number of rotatable bonds is 5. The van der Waals surface area contributed by atoms with Crippen molar-refractivity contribution in [3.05, 3.63) is 30.1 Å². The molecule has 1 atom stereocenters. The first-order chi connectivity index (χ1) is 10.1. The van der Waals surface area contributed by atoms with Gasteiger partial charge in [-0.1, -0.05) is 12.1 Å². The second-order valence-electron chi connectivity index (χ2n) is 5.05. The van der Waals surface area contributed by atoms with Gasteiger partial charge in [0.25, 0.3) is 5.91 Å². The highest BCUT2D eigenvalue weighted by atomic mass is 19.1. The van der Waals surface area contributed by atoms with E-state index in [1.54, 1.807) is 11.0 Å². The van der Waals surface area contributed by atoms with E-state index in [-0.39, 0.29) is 30.7 Å². The number of carboxylic acids is 1. The van der Waals surface area contributed by atoms with Crippen LogP contribution < -0.4 is 4.74 Å². The Balaban J connectivity index is 1.94. The van der Waals surface area contributed by atoms with Gasteiger partial charge in [0.2, 0.25) is 0 Å². The van der Waals surface area contributed by atoms with E-state index in [4.69, 9.17) is 9.84 Å². The van der Waals surface area contributed by atoms with Gasteiger partial charge in [0.1, 0.15) is 0 Å². The van der Waals surface area contributed by atoms with E-state index in [9.17, 15) is 14.0 Å². The summed E-state index contributed by atoms with van der Waals surface area (Å²) in [5, 5.41) is 8.89. The van der Waals surface area contributed by atoms with Crippen LogP contribution in [0.2, 0.25) is 0 Å². The Morgan fingerprint density at radius 1 is 1.33 bits per heavy atom. The van der Waals surface area contributed by atoms with E-state index in [1.165, 1.54) is 18.2 Å². The first-order valence-corrected chi connectivity index (χ1v) is 6.96. The first-order valence-electron chi connectivity index (χ1n) is 6.96. The molecule has 1 aliphatic rings. The Morgan fingerprint density at radius 2 is 2.10 bits per heavy atom. The van der Waals surface area contributed by atoms with E-state index >= 15 is 0 Å². The van der Waals surface area contributed by atoms with Gasteiger partial charge >= 0.3 is 5.97 Å². The number of carboxylic acid groups (broad SMARTS) is 1. The fourth-order valence-electron chi connectivity index (χ4n) is 2.53. The molecule has 6 heteroatoms. The summed E-state index contributed by atoms with van der Waals surface area (Å²) in [4.78, 5) is 24.5. The third kappa shape index (κ3) is 4.18. The summed E-state index contributed by atoms with van der Waals surface area (Å²) in [5.41, 5.74) is 0. The van der Waals surface area contributed by atoms with Crippen LogP contribution in [-0.4, -0.2) is 41.1 Å². The smallest absolute Gasteiger partial charge is 0.305 e. The maximum Gasteiger partial charge on any atom is 0.305 e. The van der Waals surface area contributed by atoms with Gasteiger partial charge in [-0.25, -0.2) is 4.39 Å². The van der Waals surface area contributed by atoms with Crippen LogP contribution in [0.1, 0.15) is 25.7 Å². The van der Waals surface area contributed by atoms with Crippen LogP contribution in [0.25, 0.3) is 0 Å². The van der Waals surface area contributed by atoms with Gasteiger partial charge in [0.05, 0.1) is 6.42 Å². The number of aliphatic carboxylic acids is 1. The van der Waals surface area contributed by atoms with E-state index in [0.717, 1.165) is 12.8 Å². The summed E-state index contributed by atoms with van der Waals surface area (Å²) in [6, 6.07) is 5.57. The normalized spacial score (nSPS) is 18.3. The standard InChI is InChI=1S/C15H18FNO4/c16-12-6-1-2-7-13(12)21-10-14(18)17-8-4-3-5-11(17)9-15(19)20/h1-2,6-7,11H,3-5,8-10H2,(H,19,20). The zero-order chi connectivity index (χ0) is 15.2. The summed E-state index contributed by atoms with van der Waals surface area (Å²) in [6.07, 6.45) is 2.38. The molecule has 21 heavy (non-hydrogen) atoms. The van der Waals surface area contributed by atoms with Gasteiger partial charge in [-0.2, -0.15) is 0 Å². The number of hydrogen-bond donors (Lipinski definition) is 1. The molecule has 1 fully saturated rings. The summed E-state index contributed by atoms with van der Waals surface area (Å²) in [6.45, 7) is 0.245. The molecule has 0 aromatic heterocycles. The second kappa shape index (κ2) is 7.06. The number of amides is 1. The van der Waals surface area contributed by atoms with Crippen molar-refractivity contribution in [1.82, 2.24) is 4.90 Å². The lowest BCUT2D eigenvalue weighted by Crippen LogP contribution is -2.46. The molecule has 0 saturated carbocycles. The lowest BCUT2D eigenvalue weighted by molar-refractivity contribution is -0.142. The zero-order valence-electron chi connectivity index (χ0n) is 11.6. The molecule has 0 bridgehead atoms. The minimum atomic E-state index is -0.922. The van der Waals surface area contributed by atoms with Gasteiger partial charge in [-0.3, -0.25) is 9.59 Å². The molecule has 1 saturated heterocycles. The van der Waals surface area contributed by atoms with Crippen LogP contribution in [0, 0.1) is 5.82 Å². The quantitative estimate of drug-likeness (QED) is 0.903. The molecular weight excluding hydrogens is 277 g/mol. The number of carbonyl (C=O) groups excluding carboxylic acids is 1. The number of halogens is 1. The maximum atomic E-state index is 13.4. The topological polar surface area (TPSA) is 66.8 Å². The number of carbonyl (C=O) groups is 2. The third-order valence-corrected chi connectivity index (χ3v) is 3.55. The van der Waals surface area contributed by atoms with E-state index in [1.807, 2.05) is 0 Å². The van der Waals surface area contributed by atoms with Crippen molar-refractivity contribution in [1.29, 1.82) is 0 Å². The Hall–Kier alpha value is -2.11. The SMILES string of the molecule is O=C(O)CC1CCCCN1C(=O)COc1ccccc1F. The second-order valence-corrected chi connectivity index (χ2v) is 5.05. The van der Waals surface area contributed by atoms with E-state index < -0.39 is 11.8 Å². The molecule has 2 rings (SSSR count). The Labute approximate surface area is 122 Å². The fourth-order valence-corrected chi connectivity index (χ4v) is 2.53. The number of piperidine rings is 1. The minimum absolute atomic E-state index is 0.0256. The van der Waals surface area contributed by atoms with E-state index in [0.29, 0.717) is 13.0 Å². The van der Waals surface area contributed by atoms with Crippen LogP contribution >= 0.6 is 0 Å². The lowest BCUT2D eigenvalue weighted by Gasteiger charge is -2.34. The summed E-state index contributed by atoms with van der Waals surface area (Å²) < 4.78 is 18.6. The number of likely N-dealkylation sites (tertiary alicyclic amines) is 1. The van der Waals surface area contributed by atoms with Crippen molar-refractivity contribution in [2.45, 2.75) is 31.7 Å². The van der Waals surface area contributed by atoms with Crippen LogP contribution in [-0.2, 0) is 9.59 Å². The lowest BCUT2D eigenvalue weighted by atomic mass is 9.99. The number of nitrogens with zero attached hydrogens (tertiary/aromatic N) is 1. The fraction of sp³-hybridized carbons (Fsp3) is 0.467. The van der Waals surface area contributed by atoms with Crippen molar-refractivity contribution < 1.29 is 23.8 Å².